The molecule has 8 nitrogen and oxygen atoms in total. The van der Waals surface area contributed by atoms with Gasteiger partial charge in [0.05, 0.1) is 32.4 Å². The SMILES string of the molecule is Cc1cc(-n2c(C)cn(CCOC3(C#N)CCOCC3)c2=O)no1. The van der Waals surface area contributed by atoms with Crippen LogP contribution >= 0.6 is 0 Å². The number of nitrogens with zero attached hydrogens (tertiary/aromatic N) is 4. The monoisotopic (exact) mass is 332 g/mol. The molecule has 3 rings (SSSR count). The maximum absolute atomic E-state index is 12.5. The van der Waals surface area contributed by atoms with E-state index in [0.29, 0.717) is 44.2 Å². The van der Waals surface area contributed by atoms with Gasteiger partial charge in [-0.1, -0.05) is 5.16 Å². The molecule has 0 radical (unpaired) electrons. The Balaban J connectivity index is 1.70. The number of aryl methyl sites for hydroxylation is 2. The number of imidazole rings is 1. The van der Waals surface area contributed by atoms with Gasteiger partial charge in [-0.3, -0.25) is 4.57 Å². The molecule has 0 atom stereocenters. The fourth-order valence-electron chi connectivity index (χ4n) is 2.84. The summed E-state index contributed by atoms with van der Waals surface area (Å²) in [6, 6.07) is 3.96. The predicted molar refractivity (Wildman–Crippen MR) is 83.9 cm³/mol. The summed E-state index contributed by atoms with van der Waals surface area (Å²) in [5.74, 6) is 1.11. The third-order valence-electron chi connectivity index (χ3n) is 4.19. The average molecular weight is 332 g/mol. The van der Waals surface area contributed by atoms with Crippen LogP contribution < -0.4 is 5.69 Å². The zero-order valence-corrected chi connectivity index (χ0v) is 13.8. The van der Waals surface area contributed by atoms with Gasteiger partial charge in [0.25, 0.3) is 0 Å². The molecule has 2 aromatic heterocycles. The molecule has 1 aliphatic heterocycles. The fraction of sp³-hybridized carbons (Fsp3) is 0.562. The Hall–Kier alpha value is -2.37. The highest BCUT2D eigenvalue weighted by molar-refractivity contribution is 5.24. The minimum atomic E-state index is -0.803. The molecule has 0 N–H and O–H groups in total. The number of ether oxygens (including phenoxy) is 2. The molecule has 0 bridgehead atoms. The van der Waals surface area contributed by atoms with Gasteiger partial charge in [-0.05, 0) is 13.8 Å². The van der Waals surface area contributed by atoms with Crippen LogP contribution in [0.15, 0.2) is 21.6 Å². The first-order chi connectivity index (χ1) is 11.5. The van der Waals surface area contributed by atoms with E-state index in [1.807, 2.05) is 6.92 Å². The highest BCUT2D eigenvalue weighted by Crippen LogP contribution is 2.24. The van der Waals surface area contributed by atoms with Crippen molar-refractivity contribution in [2.24, 2.45) is 0 Å². The lowest BCUT2D eigenvalue weighted by molar-refractivity contribution is -0.0778. The summed E-state index contributed by atoms with van der Waals surface area (Å²) in [4.78, 5) is 12.5. The lowest BCUT2D eigenvalue weighted by atomic mass is 9.96. The Morgan fingerprint density at radius 3 is 2.79 bits per heavy atom. The third-order valence-corrected chi connectivity index (χ3v) is 4.19. The number of rotatable bonds is 5. The van der Waals surface area contributed by atoms with Crippen LogP contribution in [0.4, 0.5) is 0 Å². The van der Waals surface area contributed by atoms with Crippen molar-refractivity contribution in [2.45, 2.75) is 38.8 Å². The molecule has 0 aromatic carbocycles. The smallest absolute Gasteiger partial charge is 0.334 e. The molecule has 0 aliphatic carbocycles. The molecule has 0 unspecified atom stereocenters. The van der Waals surface area contributed by atoms with E-state index in [0.717, 1.165) is 5.69 Å². The van der Waals surface area contributed by atoms with Gasteiger partial charge in [-0.25, -0.2) is 9.36 Å². The normalized spacial score (nSPS) is 16.9. The van der Waals surface area contributed by atoms with Gasteiger partial charge >= 0.3 is 5.69 Å². The van der Waals surface area contributed by atoms with Crippen LogP contribution in [-0.4, -0.2) is 39.7 Å². The Kier molecular flexibility index (Phi) is 4.55. The quantitative estimate of drug-likeness (QED) is 0.820. The van der Waals surface area contributed by atoms with Crippen molar-refractivity contribution in [3.05, 3.63) is 34.2 Å². The molecular formula is C16H20N4O4. The van der Waals surface area contributed by atoms with Crippen molar-refractivity contribution < 1.29 is 14.0 Å². The molecule has 1 saturated heterocycles. The largest absolute Gasteiger partial charge is 0.381 e. The maximum Gasteiger partial charge on any atom is 0.334 e. The molecule has 3 heterocycles. The number of aromatic nitrogens is 3. The summed E-state index contributed by atoms with van der Waals surface area (Å²) in [6.45, 7) is 5.31. The summed E-state index contributed by atoms with van der Waals surface area (Å²) < 4.78 is 19.2. The minimum Gasteiger partial charge on any atom is -0.381 e. The van der Waals surface area contributed by atoms with Gasteiger partial charge in [0, 0.05) is 30.8 Å². The van der Waals surface area contributed by atoms with Gasteiger partial charge in [0.15, 0.2) is 11.4 Å². The van der Waals surface area contributed by atoms with Crippen molar-refractivity contribution in [1.29, 1.82) is 5.26 Å². The molecule has 0 amide bonds. The third kappa shape index (κ3) is 3.13. The van der Waals surface area contributed by atoms with E-state index in [1.165, 1.54) is 4.57 Å². The molecule has 128 valence electrons. The summed E-state index contributed by atoms with van der Waals surface area (Å²) in [5.41, 5.74) is -0.250. The first-order valence-electron chi connectivity index (χ1n) is 7.90. The van der Waals surface area contributed by atoms with Gasteiger partial charge in [-0.15, -0.1) is 0 Å². The van der Waals surface area contributed by atoms with E-state index in [-0.39, 0.29) is 12.3 Å². The van der Waals surface area contributed by atoms with Crippen LogP contribution in [0.3, 0.4) is 0 Å². The zero-order valence-electron chi connectivity index (χ0n) is 13.8. The Labute approximate surface area is 139 Å². The molecule has 0 spiro atoms. The first-order valence-corrected chi connectivity index (χ1v) is 7.90. The van der Waals surface area contributed by atoms with Crippen LogP contribution in [0.5, 0.6) is 0 Å². The Morgan fingerprint density at radius 1 is 1.42 bits per heavy atom. The summed E-state index contributed by atoms with van der Waals surface area (Å²) in [6.07, 6.45) is 2.85. The van der Waals surface area contributed by atoms with E-state index in [9.17, 15) is 10.1 Å². The zero-order chi connectivity index (χ0) is 17.2. The van der Waals surface area contributed by atoms with Crippen LogP contribution in [-0.2, 0) is 16.0 Å². The van der Waals surface area contributed by atoms with Crippen molar-refractivity contribution in [3.8, 4) is 11.9 Å². The second-order valence-corrected chi connectivity index (χ2v) is 5.94. The van der Waals surface area contributed by atoms with Crippen LogP contribution in [0, 0.1) is 25.2 Å². The lowest BCUT2D eigenvalue weighted by Gasteiger charge is -2.30. The van der Waals surface area contributed by atoms with Crippen molar-refractivity contribution in [1.82, 2.24) is 14.3 Å². The van der Waals surface area contributed by atoms with Crippen LogP contribution in [0.2, 0.25) is 0 Å². The van der Waals surface area contributed by atoms with Crippen LogP contribution in [0.25, 0.3) is 5.82 Å². The number of hydrogen-bond acceptors (Lipinski definition) is 6. The van der Waals surface area contributed by atoms with E-state index >= 15 is 0 Å². The summed E-state index contributed by atoms with van der Waals surface area (Å²) in [5, 5.41) is 13.3. The predicted octanol–water partition coefficient (Wildman–Crippen LogP) is 1.33. The van der Waals surface area contributed by atoms with Crippen molar-refractivity contribution >= 4 is 0 Å². The maximum atomic E-state index is 12.5. The van der Waals surface area contributed by atoms with E-state index in [4.69, 9.17) is 14.0 Å². The minimum absolute atomic E-state index is 0.206. The van der Waals surface area contributed by atoms with Gasteiger partial charge in [-0.2, -0.15) is 5.26 Å². The molecule has 24 heavy (non-hydrogen) atoms. The van der Waals surface area contributed by atoms with Crippen molar-refractivity contribution in [2.75, 3.05) is 19.8 Å². The van der Waals surface area contributed by atoms with Crippen LogP contribution in [0.1, 0.15) is 24.3 Å². The molecule has 2 aromatic rings. The second-order valence-electron chi connectivity index (χ2n) is 5.94. The Morgan fingerprint density at radius 2 is 2.17 bits per heavy atom. The molecule has 1 fully saturated rings. The van der Waals surface area contributed by atoms with Gasteiger partial charge < -0.3 is 14.0 Å². The highest BCUT2D eigenvalue weighted by atomic mass is 16.5. The number of hydrogen-bond donors (Lipinski definition) is 0. The fourth-order valence-corrected chi connectivity index (χ4v) is 2.84. The number of nitriles is 1. The second kappa shape index (κ2) is 6.63. The molecular weight excluding hydrogens is 312 g/mol. The molecule has 1 aliphatic rings. The molecule has 8 heteroatoms. The first kappa shape index (κ1) is 16.5. The summed E-state index contributed by atoms with van der Waals surface area (Å²) in [7, 11) is 0. The van der Waals surface area contributed by atoms with E-state index in [2.05, 4.69) is 11.2 Å². The topological polar surface area (TPSA) is 95.2 Å². The average Bonchev–Trinajstić information content (AvgIpc) is 3.11. The van der Waals surface area contributed by atoms with E-state index in [1.54, 1.807) is 23.8 Å². The lowest BCUT2D eigenvalue weighted by Crippen LogP contribution is -2.39. The van der Waals surface area contributed by atoms with Gasteiger partial charge in [0.2, 0.25) is 0 Å². The summed E-state index contributed by atoms with van der Waals surface area (Å²) >= 11 is 0. The van der Waals surface area contributed by atoms with Crippen molar-refractivity contribution in [3.63, 3.8) is 0 Å². The van der Waals surface area contributed by atoms with Gasteiger partial charge in [0.1, 0.15) is 5.76 Å². The molecule has 0 saturated carbocycles. The van der Waals surface area contributed by atoms with E-state index < -0.39 is 5.60 Å². The standard InChI is InChI=1S/C16H20N4O4/c1-12-10-19(15(21)20(12)14-9-13(2)24-18-14)5-8-23-16(11-17)3-6-22-7-4-16/h9-10H,3-8H2,1-2H3. The highest BCUT2D eigenvalue weighted by Gasteiger charge is 2.33. The Bertz CT molecular complexity index is 805.